The van der Waals surface area contributed by atoms with Crippen molar-refractivity contribution >= 4 is 39.2 Å². The van der Waals surface area contributed by atoms with Crippen LogP contribution in [0.5, 0.6) is 5.75 Å². The van der Waals surface area contributed by atoms with Crippen molar-refractivity contribution in [1.82, 2.24) is 10.7 Å². The number of para-hydroxylation sites is 1. The molecule has 9 heteroatoms. The molecule has 2 rings (SSSR count). The summed E-state index contributed by atoms with van der Waals surface area (Å²) in [6.45, 7) is 0. The van der Waals surface area contributed by atoms with Crippen LogP contribution in [0.1, 0.15) is 20.7 Å². The number of nitrogens with one attached hydrogen (secondary N) is 2. The summed E-state index contributed by atoms with van der Waals surface area (Å²) in [5.74, 6) is -1.30. The third-order valence-electron chi connectivity index (χ3n) is 2.66. The molecule has 2 aromatic rings. The van der Waals surface area contributed by atoms with Gasteiger partial charge in [-0.3, -0.25) is 10.1 Å². The van der Waals surface area contributed by atoms with Gasteiger partial charge in [0.15, 0.2) is 5.11 Å². The topological polar surface area (TPSA) is 92.5 Å². The van der Waals surface area contributed by atoms with Gasteiger partial charge in [-0.15, -0.1) is 0 Å². The number of benzene rings is 2. The van der Waals surface area contributed by atoms with E-state index in [1.165, 1.54) is 12.1 Å². The van der Waals surface area contributed by atoms with Gasteiger partial charge in [0.25, 0.3) is 5.91 Å². The molecule has 3 N–H and O–H groups in total. The van der Waals surface area contributed by atoms with Crippen LogP contribution in [0.2, 0.25) is 0 Å². The van der Waals surface area contributed by atoms with Crippen LogP contribution in [0.25, 0.3) is 5.43 Å². The number of phenols is 1. The number of thiocarbonyl (C=S) groups is 1. The quantitative estimate of drug-likeness (QED) is 0.400. The summed E-state index contributed by atoms with van der Waals surface area (Å²) in [7, 11) is 4.20. The van der Waals surface area contributed by atoms with E-state index in [1.54, 1.807) is 42.5 Å². The molecule has 0 saturated carbocycles. The molecule has 24 heavy (non-hydrogen) atoms. The van der Waals surface area contributed by atoms with Gasteiger partial charge < -0.3 is 20.8 Å². The molecule has 2 aromatic carbocycles. The van der Waals surface area contributed by atoms with E-state index in [2.05, 4.69) is 41.4 Å². The average Bonchev–Trinajstić information content (AvgIpc) is 2.62. The van der Waals surface area contributed by atoms with E-state index < -0.39 is 11.8 Å². The number of hydrogen-bond acceptors (Lipinski definition) is 4. The van der Waals surface area contributed by atoms with Crippen LogP contribution in [0.15, 0.2) is 54.6 Å². The van der Waals surface area contributed by atoms with E-state index >= 15 is 0 Å². The summed E-state index contributed by atoms with van der Waals surface area (Å²) < 4.78 is 0. The Morgan fingerprint density at radius 2 is 1.62 bits per heavy atom. The number of hydrogen-bond donors (Lipinski definition) is 3. The van der Waals surface area contributed by atoms with Gasteiger partial charge in [0.2, 0.25) is 0 Å². The number of aromatic hydroxyl groups is 1. The normalized spacial score (nSPS) is 9.12. The fourth-order valence-corrected chi connectivity index (χ4v) is 1.75. The third kappa shape index (κ3) is 6.17. The van der Waals surface area contributed by atoms with E-state index in [9.17, 15) is 14.7 Å². The van der Waals surface area contributed by atoms with Gasteiger partial charge in [0.05, 0.1) is 0 Å². The Morgan fingerprint density at radius 3 is 2.25 bits per heavy atom. The fraction of sp³-hybridized carbons (Fsp3) is 0. The number of phenolic OH excluding ortho intramolecular Hbond substituents is 1. The van der Waals surface area contributed by atoms with Gasteiger partial charge in [0, 0.05) is 11.1 Å². The number of rotatable bonds is 2. The standard InChI is InChI=1S/C15H13N3O3S.ClH.Cu/c19-12-9-5-4-8-11(12)14(21)17-18-15(22)16-13(20)10-6-2-1-3-7-10;;/h1-9H,(H4,16,17,18,19,20,21,22);1H;/q;;+2/p-2. The van der Waals surface area contributed by atoms with Gasteiger partial charge in [-0.2, -0.15) is 0 Å². The summed E-state index contributed by atoms with van der Waals surface area (Å²) in [5, 5.41) is 11.8. The summed E-state index contributed by atoms with van der Waals surface area (Å²) in [6.07, 6.45) is 0. The fourth-order valence-electron chi connectivity index (χ4n) is 1.61. The van der Waals surface area contributed by atoms with Gasteiger partial charge in [-0.05, 0) is 36.5 Å². The second kappa shape index (κ2) is 10.6. The van der Waals surface area contributed by atoms with E-state index in [1.807, 2.05) is 0 Å². The van der Waals surface area contributed by atoms with Crippen LogP contribution in [-0.4, -0.2) is 22.0 Å². The molecule has 0 aliphatic rings. The van der Waals surface area contributed by atoms with E-state index in [0.29, 0.717) is 5.56 Å². The Balaban J connectivity index is 0.00000139. The maximum absolute atomic E-state index is 11.8. The maximum atomic E-state index is 11.8. The molecular formula is C15H12ClCuN3O3S. The first kappa shape index (κ1) is 19.9. The number of amides is 2. The Bertz CT molecular complexity index is 716. The second-order valence-electron chi connectivity index (χ2n) is 4.20. The van der Waals surface area contributed by atoms with Crippen molar-refractivity contribution < 1.29 is 29.8 Å². The Morgan fingerprint density at radius 1 is 1.04 bits per heavy atom. The zero-order valence-corrected chi connectivity index (χ0v) is 14.5. The molecule has 0 saturated heterocycles. The van der Waals surface area contributed by atoms with Gasteiger partial charge >= 0.3 is 25.2 Å². The predicted molar refractivity (Wildman–Crippen MR) is 91.3 cm³/mol. The van der Waals surface area contributed by atoms with Crippen molar-refractivity contribution in [3.8, 4) is 5.75 Å². The molecule has 129 valence electrons. The first-order chi connectivity index (χ1) is 11.6. The summed E-state index contributed by atoms with van der Waals surface area (Å²) >= 11 is 8.54. The Labute approximate surface area is 156 Å². The van der Waals surface area contributed by atoms with Crippen molar-refractivity contribution in [2.75, 3.05) is 0 Å². The van der Waals surface area contributed by atoms with Crippen LogP contribution in [-0.2, 0) is 15.1 Å². The SMILES string of the molecule is O=C(NC(=S)N[N-]C(=O)c1ccccc1O)c1ccccc1.[Cl][Cu+]. The number of halogens is 1. The molecule has 0 spiro atoms. The molecule has 0 atom stereocenters. The Kier molecular flexibility index (Phi) is 8.81. The zero-order chi connectivity index (χ0) is 17.9. The van der Waals surface area contributed by atoms with Crippen LogP contribution in [0, 0.1) is 0 Å². The van der Waals surface area contributed by atoms with Crippen molar-refractivity contribution in [2.45, 2.75) is 0 Å². The number of carbonyl (C=O) groups excluding carboxylic acids is 2. The molecule has 0 heterocycles. The average molecular weight is 413 g/mol. The van der Waals surface area contributed by atoms with Crippen molar-refractivity contribution in [3.63, 3.8) is 0 Å². The summed E-state index contributed by atoms with van der Waals surface area (Å²) in [5.41, 5.74) is 6.23. The summed E-state index contributed by atoms with van der Waals surface area (Å²) in [4.78, 5) is 23.6. The van der Waals surface area contributed by atoms with Crippen molar-refractivity contribution in [1.29, 1.82) is 0 Å². The minimum absolute atomic E-state index is 0.0344. The first-order valence-electron chi connectivity index (χ1n) is 6.39. The zero-order valence-electron chi connectivity index (χ0n) is 12.0. The minimum atomic E-state index is -0.700. The van der Waals surface area contributed by atoms with Crippen LogP contribution in [0.3, 0.4) is 0 Å². The molecule has 0 aromatic heterocycles. The molecule has 0 unspecified atom stereocenters. The van der Waals surface area contributed by atoms with E-state index in [0.717, 1.165) is 0 Å². The first-order valence-corrected chi connectivity index (χ1v) is 8.09. The number of nitrogens with zero attached hydrogens (tertiary/aromatic N) is 1. The Hall–Kier alpha value is -2.12. The van der Waals surface area contributed by atoms with Crippen molar-refractivity contribution in [3.05, 3.63) is 71.1 Å². The molecule has 0 aliphatic carbocycles. The third-order valence-corrected chi connectivity index (χ3v) is 2.85. The molecule has 0 fully saturated rings. The molecular weight excluding hydrogens is 401 g/mol. The number of carbonyl (C=O) groups is 2. The van der Waals surface area contributed by atoms with Crippen molar-refractivity contribution in [2.24, 2.45) is 0 Å². The molecule has 2 amide bonds. The van der Waals surface area contributed by atoms with E-state index in [-0.39, 0.29) is 16.4 Å². The van der Waals surface area contributed by atoms with Crippen LogP contribution >= 0.6 is 22.3 Å². The monoisotopic (exact) mass is 412 g/mol. The molecule has 6 nitrogen and oxygen atoms in total. The summed E-state index contributed by atoms with van der Waals surface area (Å²) in [6, 6.07) is 14.5. The second-order valence-corrected chi connectivity index (χ2v) is 4.60. The van der Waals surface area contributed by atoms with Gasteiger partial charge in [0.1, 0.15) is 11.7 Å². The molecule has 0 bridgehead atoms. The van der Waals surface area contributed by atoms with Gasteiger partial charge in [-0.25, -0.2) is 0 Å². The molecule has 0 radical (unpaired) electrons. The van der Waals surface area contributed by atoms with Crippen LogP contribution in [0.4, 0.5) is 0 Å². The van der Waals surface area contributed by atoms with Gasteiger partial charge in [-0.1, -0.05) is 30.3 Å². The van der Waals surface area contributed by atoms with E-state index in [4.69, 9.17) is 12.2 Å². The molecule has 0 aliphatic heterocycles. The predicted octanol–water partition coefficient (Wildman–Crippen LogP) is 2.81. The van der Waals surface area contributed by atoms with Crippen LogP contribution < -0.4 is 10.7 Å².